The Morgan fingerprint density at radius 1 is 1.22 bits per heavy atom. The first kappa shape index (κ1) is 16.5. The average molecular weight is 318 g/mol. The summed E-state index contributed by atoms with van der Waals surface area (Å²) < 4.78 is 11.3. The molecule has 0 aliphatic carbocycles. The normalized spacial score (nSPS) is 10.6. The summed E-state index contributed by atoms with van der Waals surface area (Å²) in [5, 5.41) is 7.60. The van der Waals surface area contributed by atoms with E-state index < -0.39 is 11.9 Å². The van der Waals surface area contributed by atoms with E-state index in [9.17, 15) is 9.59 Å². The molecule has 2 aromatic rings. The molecule has 0 atom stereocenters. The van der Waals surface area contributed by atoms with Crippen LogP contribution >= 0.6 is 0 Å². The van der Waals surface area contributed by atoms with Crippen LogP contribution in [0.1, 0.15) is 41.6 Å². The second kappa shape index (κ2) is 6.91. The summed E-state index contributed by atoms with van der Waals surface area (Å²) in [5.41, 5.74) is 6.83. The molecule has 0 radical (unpaired) electrons. The highest BCUT2D eigenvalue weighted by Crippen LogP contribution is 2.17. The molecule has 2 N–H and O–H groups in total. The third-order valence-electron chi connectivity index (χ3n) is 2.86. The Labute approximate surface area is 133 Å². The van der Waals surface area contributed by atoms with Crippen LogP contribution in [0.5, 0.6) is 0 Å². The van der Waals surface area contributed by atoms with Gasteiger partial charge in [0.05, 0.1) is 24.0 Å². The fourth-order valence-electron chi connectivity index (χ4n) is 1.85. The number of hydrogen-bond donors (Lipinski definition) is 1. The largest absolute Gasteiger partial charge is 0.462 e. The number of hydrogen-bond acceptors (Lipinski definition) is 7. The zero-order valence-corrected chi connectivity index (χ0v) is 13.1. The van der Waals surface area contributed by atoms with Crippen LogP contribution in [0.2, 0.25) is 0 Å². The lowest BCUT2D eigenvalue weighted by Gasteiger charge is -2.07. The molecule has 0 bridgehead atoms. The second-order valence-electron chi connectivity index (χ2n) is 4.96. The maximum absolute atomic E-state index is 11.9. The van der Waals surface area contributed by atoms with Gasteiger partial charge in [0.1, 0.15) is 0 Å². The molecule has 0 aliphatic rings. The van der Waals surface area contributed by atoms with Crippen molar-refractivity contribution < 1.29 is 19.1 Å². The molecule has 1 aromatic heterocycles. The van der Waals surface area contributed by atoms with E-state index >= 15 is 0 Å². The van der Waals surface area contributed by atoms with Gasteiger partial charge in [-0.2, -0.15) is 4.68 Å². The average Bonchev–Trinajstić information content (AvgIpc) is 2.89. The number of ether oxygens (including phenoxy) is 2. The van der Waals surface area contributed by atoms with Gasteiger partial charge in [-0.3, -0.25) is 0 Å². The first-order chi connectivity index (χ1) is 10.9. The highest BCUT2D eigenvalue weighted by atomic mass is 16.5. The molecule has 1 aromatic carbocycles. The number of carbonyl (C=O) groups is 2. The number of rotatable bonds is 5. The number of anilines is 1. The first-order valence-electron chi connectivity index (χ1n) is 7.13. The molecule has 0 saturated heterocycles. The molecule has 8 heteroatoms. The lowest BCUT2D eigenvalue weighted by Crippen LogP contribution is -2.14. The first-order valence-corrected chi connectivity index (χ1v) is 7.13. The fraction of sp³-hybridized carbons (Fsp3) is 0.333. The van der Waals surface area contributed by atoms with Gasteiger partial charge in [-0.25, -0.2) is 9.59 Å². The van der Waals surface area contributed by atoms with E-state index in [0.717, 1.165) is 0 Å². The number of nitrogens with two attached hydrogens (primary N) is 1. The van der Waals surface area contributed by atoms with Crippen LogP contribution in [-0.4, -0.2) is 39.6 Å². The highest BCUT2D eigenvalue weighted by Gasteiger charge is 2.20. The topological polar surface area (TPSA) is 109 Å². The van der Waals surface area contributed by atoms with Crippen LogP contribution in [0.4, 0.5) is 5.82 Å². The number of carbonyl (C=O) groups excluding carboxylic acids is 2. The Balaban J connectivity index is 2.24. The number of esters is 2. The van der Waals surface area contributed by atoms with E-state index in [-0.39, 0.29) is 17.6 Å². The van der Waals surface area contributed by atoms with Crippen LogP contribution < -0.4 is 5.73 Å². The molecule has 0 amide bonds. The zero-order valence-electron chi connectivity index (χ0n) is 13.1. The van der Waals surface area contributed by atoms with Crippen molar-refractivity contribution in [3.8, 4) is 5.69 Å². The minimum atomic E-state index is -0.633. The smallest absolute Gasteiger partial charge is 0.363 e. The third-order valence-corrected chi connectivity index (χ3v) is 2.86. The molecule has 0 unspecified atom stereocenters. The van der Waals surface area contributed by atoms with Gasteiger partial charge in [0.15, 0.2) is 5.82 Å². The van der Waals surface area contributed by atoms with Crippen molar-refractivity contribution in [2.45, 2.75) is 26.9 Å². The van der Waals surface area contributed by atoms with E-state index in [2.05, 4.69) is 10.3 Å². The molecule has 23 heavy (non-hydrogen) atoms. The van der Waals surface area contributed by atoms with E-state index in [1.54, 1.807) is 45.0 Å². The van der Waals surface area contributed by atoms with Gasteiger partial charge in [0.25, 0.3) is 0 Å². The van der Waals surface area contributed by atoms with Crippen LogP contribution in [0.3, 0.4) is 0 Å². The Kier molecular flexibility index (Phi) is 4.95. The van der Waals surface area contributed by atoms with E-state index in [1.165, 1.54) is 4.68 Å². The second-order valence-corrected chi connectivity index (χ2v) is 4.96. The van der Waals surface area contributed by atoms with Crippen LogP contribution in [0.15, 0.2) is 24.3 Å². The van der Waals surface area contributed by atoms with Gasteiger partial charge in [-0.1, -0.05) is 5.21 Å². The molecule has 0 fully saturated rings. The minimum Gasteiger partial charge on any atom is -0.462 e. The molecule has 1 heterocycles. The Bertz CT molecular complexity index is 707. The van der Waals surface area contributed by atoms with E-state index in [4.69, 9.17) is 15.2 Å². The molecule has 0 aliphatic heterocycles. The van der Waals surface area contributed by atoms with Gasteiger partial charge in [0.2, 0.25) is 5.69 Å². The maximum Gasteiger partial charge on any atom is 0.363 e. The SMILES string of the molecule is CCOC(=O)c1ccc(-n2nnc(C(=O)OC(C)C)c2N)cc1. The Morgan fingerprint density at radius 3 is 2.43 bits per heavy atom. The van der Waals surface area contributed by atoms with Crippen molar-refractivity contribution in [3.63, 3.8) is 0 Å². The van der Waals surface area contributed by atoms with Gasteiger partial charge in [-0.05, 0) is 45.0 Å². The summed E-state index contributed by atoms with van der Waals surface area (Å²) in [6, 6.07) is 6.44. The molecular formula is C15H18N4O4. The number of benzene rings is 1. The lowest BCUT2D eigenvalue weighted by atomic mass is 10.2. The van der Waals surface area contributed by atoms with Crippen molar-refractivity contribution in [1.29, 1.82) is 0 Å². The number of nitrogens with zero attached hydrogens (tertiary/aromatic N) is 3. The molecule has 2 rings (SSSR count). The van der Waals surface area contributed by atoms with E-state index in [0.29, 0.717) is 17.9 Å². The van der Waals surface area contributed by atoms with Crippen LogP contribution in [-0.2, 0) is 9.47 Å². The Hall–Kier alpha value is -2.90. The van der Waals surface area contributed by atoms with Crippen molar-refractivity contribution >= 4 is 17.8 Å². The predicted molar refractivity (Wildman–Crippen MR) is 82.3 cm³/mol. The summed E-state index contributed by atoms with van der Waals surface area (Å²) in [6.45, 7) is 5.50. The van der Waals surface area contributed by atoms with Gasteiger partial charge in [-0.15, -0.1) is 5.10 Å². The number of nitrogen functional groups attached to an aromatic ring is 1. The summed E-state index contributed by atoms with van der Waals surface area (Å²) in [7, 11) is 0. The number of aromatic nitrogens is 3. The van der Waals surface area contributed by atoms with Crippen molar-refractivity contribution in [2.24, 2.45) is 0 Å². The van der Waals surface area contributed by atoms with Gasteiger partial charge in [0, 0.05) is 0 Å². The standard InChI is InChI=1S/C15H18N4O4/c1-4-22-14(20)10-5-7-11(8-6-10)19-13(16)12(17-18-19)15(21)23-9(2)3/h5-9H,4,16H2,1-3H3. The Morgan fingerprint density at radius 2 is 1.87 bits per heavy atom. The summed E-state index contributed by atoms with van der Waals surface area (Å²) >= 11 is 0. The van der Waals surface area contributed by atoms with Gasteiger partial charge < -0.3 is 15.2 Å². The summed E-state index contributed by atoms with van der Waals surface area (Å²) in [4.78, 5) is 23.5. The minimum absolute atomic E-state index is 0.0480. The van der Waals surface area contributed by atoms with Crippen LogP contribution in [0.25, 0.3) is 5.69 Å². The maximum atomic E-state index is 11.9. The van der Waals surface area contributed by atoms with Gasteiger partial charge >= 0.3 is 11.9 Å². The molecule has 8 nitrogen and oxygen atoms in total. The molecule has 122 valence electrons. The van der Waals surface area contributed by atoms with Crippen molar-refractivity contribution in [2.75, 3.05) is 12.3 Å². The van der Waals surface area contributed by atoms with E-state index in [1.807, 2.05) is 0 Å². The zero-order chi connectivity index (χ0) is 17.0. The highest BCUT2D eigenvalue weighted by molar-refractivity contribution is 5.92. The van der Waals surface area contributed by atoms with Crippen molar-refractivity contribution in [1.82, 2.24) is 15.0 Å². The quantitative estimate of drug-likeness (QED) is 0.834. The summed E-state index contributed by atoms with van der Waals surface area (Å²) in [5.74, 6) is -0.974. The third kappa shape index (κ3) is 3.65. The predicted octanol–water partition coefficient (Wildman–Crippen LogP) is 1.59. The van der Waals surface area contributed by atoms with Crippen molar-refractivity contribution in [3.05, 3.63) is 35.5 Å². The fourth-order valence-corrected chi connectivity index (χ4v) is 1.85. The molecule has 0 spiro atoms. The van der Waals surface area contributed by atoms with Crippen LogP contribution in [0, 0.1) is 0 Å². The lowest BCUT2D eigenvalue weighted by molar-refractivity contribution is 0.0371. The molecule has 0 saturated carbocycles. The summed E-state index contributed by atoms with van der Waals surface area (Å²) in [6.07, 6.45) is -0.282. The monoisotopic (exact) mass is 318 g/mol. The molecular weight excluding hydrogens is 300 g/mol.